The second-order valence-corrected chi connectivity index (χ2v) is 3.42. The van der Waals surface area contributed by atoms with E-state index in [0.717, 1.165) is 0 Å². The fraction of sp³-hybridized carbons (Fsp3) is 0.400. The first-order chi connectivity index (χ1) is 8.04. The molecule has 0 fully saturated rings. The number of nitrogens with two attached hydrogens (primary N) is 2. The number of carbonyl (C=O) groups excluding carboxylic acids is 1. The molecule has 1 rings (SSSR count). The number of hydrogen-bond acceptors (Lipinski definition) is 7. The Morgan fingerprint density at radius 2 is 2.35 bits per heavy atom. The monoisotopic (exact) mass is 240 g/mol. The average Bonchev–Trinajstić information content (AvgIpc) is 2.30. The molecule has 1 aromatic heterocycles. The fourth-order valence-corrected chi connectivity index (χ4v) is 1.08. The van der Waals surface area contributed by atoms with Crippen LogP contribution in [0.25, 0.3) is 0 Å². The summed E-state index contributed by atoms with van der Waals surface area (Å²) in [7, 11) is 0. The van der Waals surface area contributed by atoms with Gasteiger partial charge in [-0.3, -0.25) is 0 Å². The van der Waals surface area contributed by atoms with E-state index in [9.17, 15) is 4.79 Å². The Morgan fingerprint density at radius 1 is 1.65 bits per heavy atom. The van der Waals surface area contributed by atoms with Gasteiger partial charge in [-0.1, -0.05) is 6.92 Å². The lowest BCUT2D eigenvalue weighted by Crippen LogP contribution is -2.24. The van der Waals surface area contributed by atoms with Gasteiger partial charge in [0.2, 0.25) is 0 Å². The molecule has 0 aliphatic carbocycles. The molecule has 0 aromatic carbocycles. The number of carbonyl (C=O) groups is 1. The highest BCUT2D eigenvalue weighted by molar-refractivity contribution is 5.74. The number of nitrogens with one attached hydrogen (secondary N) is 1. The zero-order valence-electron chi connectivity index (χ0n) is 9.51. The van der Waals surface area contributed by atoms with Gasteiger partial charge < -0.3 is 26.6 Å². The van der Waals surface area contributed by atoms with Crippen LogP contribution in [0.3, 0.4) is 0 Å². The molecule has 7 nitrogen and oxygen atoms in total. The molecule has 0 radical (unpaired) electrons. The summed E-state index contributed by atoms with van der Waals surface area (Å²) in [6.07, 6.45) is 0.635. The highest BCUT2D eigenvalue weighted by atomic mass is 16.6. The maximum absolute atomic E-state index is 11.1. The van der Waals surface area contributed by atoms with Crippen molar-refractivity contribution in [2.75, 3.05) is 23.5 Å². The van der Waals surface area contributed by atoms with Crippen LogP contribution in [-0.2, 0) is 9.53 Å². The summed E-state index contributed by atoms with van der Waals surface area (Å²) < 4.78 is 4.76. The highest BCUT2D eigenvalue weighted by Crippen LogP contribution is 2.16. The Balaban J connectivity index is 2.43. The van der Waals surface area contributed by atoms with E-state index in [1.54, 1.807) is 6.92 Å². The quantitative estimate of drug-likeness (QED) is 0.419. The van der Waals surface area contributed by atoms with Gasteiger partial charge in [0, 0.05) is 0 Å². The Hall–Kier alpha value is -2.02. The molecular weight excluding hydrogens is 224 g/mol. The second kappa shape index (κ2) is 5.90. The molecule has 1 unspecified atom stereocenters. The molecule has 7 heteroatoms. The van der Waals surface area contributed by atoms with E-state index in [1.165, 1.54) is 12.3 Å². The Morgan fingerprint density at radius 3 is 2.94 bits per heavy atom. The minimum atomic E-state index is -1.10. The zero-order valence-corrected chi connectivity index (χ0v) is 9.51. The van der Waals surface area contributed by atoms with Crippen LogP contribution >= 0.6 is 0 Å². The van der Waals surface area contributed by atoms with Gasteiger partial charge in [0.05, 0.1) is 17.6 Å². The summed E-state index contributed by atoms with van der Waals surface area (Å²) >= 11 is 0. The van der Waals surface area contributed by atoms with Crippen LogP contribution in [0.5, 0.6) is 0 Å². The maximum Gasteiger partial charge on any atom is 0.336 e. The van der Waals surface area contributed by atoms with Crippen molar-refractivity contribution < 1.29 is 14.6 Å². The van der Waals surface area contributed by atoms with Crippen molar-refractivity contribution in [2.24, 2.45) is 0 Å². The third kappa shape index (κ3) is 3.80. The van der Waals surface area contributed by atoms with E-state index in [0.29, 0.717) is 23.6 Å². The lowest BCUT2D eigenvalue weighted by Gasteiger charge is -2.11. The molecule has 0 spiro atoms. The molecule has 6 N–H and O–H groups in total. The number of pyridine rings is 1. The number of rotatable bonds is 5. The summed E-state index contributed by atoms with van der Waals surface area (Å²) in [4.78, 5) is 15.0. The lowest BCUT2D eigenvalue weighted by molar-refractivity contribution is -0.152. The summed E-state index contributed by atoms with van der Waals surface area (Å²) in [5.74, 6) is -0.313. The molecular formula is C10H16N4O3. The van der Waals surface area contributed by atoms with Crippen LogP contribution in [0.2, 0.25) is 0 Å². The van der Waals surface area contributed by atoms with Crippen molar-refractivity contribution >= 4 is 23.2 Å². The minimum Gasteiger partial charge on any atom is -0.443 e. The Bertz CT molecular complexity index is 397. The first-order valence-corrected chi connectivity index (χ1v) is 5.14. The van der Waals surface area contributed by atoms with Gasteiger partial charge >= 0.3 is 5.97 Å². The average molecular weight is 240 g/mol. The van der Waals surface area contributed by atoms with Gasteiger partial charge in [0.1, 0.15) is 0 Å². The minimum absolute atomic E-state index is 0.114. The number of aromatic nitrogens is 1. The number of aliphatic hydroxyl groups excluding tert-OH is 1. The maximum atomic E-state index is 11.1. The SMILES string of the molecule is CCC(O)C(=O)OCNc1ncc(N)cc1N. The van der Waals surface area contributed by atoms with Crippen LogP contribution in [0.4, 0.5) is 17.2 Å². The standard InChI is InChI=1S/C10H16N4O3/c1-2-8(15)10(16)17-5-14-9-7(12)3-6(11)4-13-9/h3-4,8,15H,2,5,11-12H2,1H3,(H,13,14). The number of anilines is 3. The van der Waals surface area contributed by atoms with Gasteiger partial charge in [-0.2, -0.15) is 0 Å². The largest absolute Gasteiger partial charge is 0.443 e. The summed E-state index contributed by atoms with van der Waals surface area (Å²) in [5.41, 5.74) is 11.9. The summed E-state index contributed by atoms with van der Waals surface area (Å²) in [6.45, 7) is 1.57. The molecule has 0 amide bonds. The van der Waals surface area contributed by atoms with E-state index in [2.05, 4.69) is 10.3 Å². The smallest absolute Gasteiger partial charge is 0.336 e. The predicted molar refractivity (Wildman–Crippen MR) is 63.9 cm³/mol. The van der Waals surface area contributed by atoms with Crippen LogP contribution < -0.4 is 16.8 Å². The number of hydrogen-bond donors (Lipinski definition) is 4. The van der Waals surface area contributed by atoms with E-state index < -0.39 is 12.1 Å². The second-order valence-electron chi connectivity index (χ2n) is 3.42. The highest BCUT2D eigenvalue weighted by Gasteiger charge is 2.13. The molecule has 0 bridgehead atoms. The molecule has 94 valence electrons. The number of aliphatic hydroxyl groups is 1. The number of nitrogen functional groups attached to an aromatic ring is 2. The van der Waals surface area contributed by atoms with E-state index in [-0.39, 0.29) is 6.73 Å². The fourth-order valence-electron chi connectivity index (χ4n) is 1.08. The number of ether oxygens (including phenoxy) is 1. The van der Waals surface area contributed by atoms with Crippen molar-refractivity contribution in [2.45, 2.75) is 19.4 Å². The van der Waals surface area contributed by atoms with Crippen LogP contribution in [0, 0.1) is 0 Å². The topological polar surface area (TPSA) is 123 Å². The van der Waals surface area contributed by atoms with Crippen molar-refractivity contribution in [3.8, 4) is 0 Å². The zero-order chi connectivity index (χ0) is 12.8. The van der Waals surface area contributed by atoms with Crippen molar-refractivity contribution in [1.82, 2.24) is 4.98 Å². The number of nitrogens with zero attached hydrogens (tertiary/aromatic N) is 1. The molecule has 1 heterocycles. The Kier molecular flexibility index (Phi) is 4.53. The van der Waals surface area contributed by atoms with Crippen LogP contribution in [0.1, 0.15) is 13.3 Å². The van der Waals surface area contributed by atoms with E-state index >= 15 is 0 Å². The van der Waals surface area contributed by atoms with Crippen LogP contribution in [-0.4, -0.2) is 28.9 Å². The normalized spacial score (nSPS) is 11.9. The molecule has 1 atom stereocenters. The molecule has 17 heavy (non-hydrogen) atoms. The van der Waals surface area contributed by atoms with E-state index in [4.69, 9.17) is 21.3 Å². The molecule has 0 aliphatic heterocycles. The van der Waals surface area contributed by atoms with Gasteiger partial charge in [0.15, 0.2) is 18.7 Å². The first-order valence-electron chi connectivity index (χ1n) is 5.14. The van der Waals surface area contributed by atoms with Gasteiger partial charge in [-0.05, 0) is 12.5 Å². The van der Waals surface area contributed by atoms with Crippen LogP contribution in [0.15, 0.2) is 12.3 Å². The lowest BCUT2D eigenvalue weighted by atomic mass is 10.3. The summed E-state index contributed by atoms with van der Waals surface area (Å²) in [6, 6.07) is 1.54. The molecule has 0 saturated carbocycles. The third-order valence-corrected chi connectivity index (χ3v) is 2.05. The van der Waals surface area contributed by atoms with Crippen molar-refractivity contribution in [3.63, 3.8) is 0 Å². The van der Waals surface area contributed by atoms with Gasteiger partial charge in [-0.15, -0.1) is 0 Å². The Labute approximate surface area is 98.8 Å². The predicted octanol–water partition coefficient (Wildman–Crippen LogP) is -0.0705. The van der Waals surface area contributed by atoms with Gasteiger partial charge in [0.25, 0.3) is 0 Å². The van der Waals surface area contributed by atoms with Gasteiger partial charge in [-0.25, -0.2) is 9.78 Å². The molecule has 0 aliphatic rings. The van der Waals surface area contributed by atoms with E-state index in [1.807, 2.05) is 0 Å². The van der Waals surface area contributed by atoms with Crippen molar-refractivity contribution in [1.29, 1.82) is 0 Å². The summed E-state index contributed by atoms with van der Waals surface area (Å²) in [5, 5.41) is 11.9. The third-order valence-electron chi connectivity index (χ3n) is 2.05. The molecule has 0 saturated heterocycles. The first kappa shape index (κ1) is 13.0. The molecule has 1 aromatic rings. The number of esters is 1. The van der Waals surface area contributed by atoms with Crippen molar-refractivity contribution in [3.05, 3.63) is 12.3 Å².